The molecule has 0 spiro atoms. The lowest BCUT2D eigenvalue weighted by Gasteiger charge is -2.15. The summed E-state index contributed by atoms with van der Waals surface area (Å²) in [4.78, 5) is 1.13. The monoisotopic (exact) mass is 305 g/mol. The first-order valence-corrected chi connectivity index (χ1v) is 8.97. The van der Waals surface area contributed by atoms with E-state index in [2.05, 4.69) is 5.32 Å². The summed E-state index contributed by atoms with van der Waals surface area (Å²) in [5.41, 5.74) is 0. The van der Waals surface area contributed by atoms with Gasteiger partial charge in [0.2, 0.25) is 0 Å². The summed E-state index contributed by atoms with van der Waals surface area (Å²) in [5.74, 6) is 0.422. The topological polar surface area (TPSA) is 75.6 Å². The van der Waals surface area contributed by atoms with Gasteiger partial charge in [-0.15, -0.1) is 11.3 Å². The van der Waals surface area contributed by atoms with Crippen molar-refractivity contribution < 1.29 is 18.3 Å². The summed E-state index contributed by atoms with van der Waals surface area (Å²) in [6.07, 6.45) is 0.0220. The minimum Gasteiger partial charge on any atom is -0.389 e. The highest BCUT2D eigenvalue weighted by molar-refractivity contribution is 7.91. The zero-order valence-electron chi connectivity index (χ0n) is 10.6. The highest BCUT2D eigenvalue weighted by Crippen LogP contribution is 2.11. The number of nitrogens with one attached hydrogen (secondary N) is 1. The summed E-state index contributed by atoms with van der Waals surface area (Å²) in [7, 11) is -2.86. The van der Waals surface area contributed by atoms with E-state index in [1.165, 1.54) is 0 Å². The zero-order chi connectivity index (χ0) is 13.7. The molecule has 7 heteroatoms. The van der Waals surface area contributed by atoms with Crippen molar-refractivity contribution in [2.75, 3.05) is 24.7 Å². The van der Waals surface area contributed by atoms with Crippen LogP contribution in [0.15, 0.2) is 17.5 Å². The fourth-order valence-corrected chi connectivity index (χ4v) is 4.36. The van der Waals surface area contributed by atoms with E-state index in [1.807, 2.05) is 17.5 Å². The molecule has 0 amide bonds. The molecule has 0 aliphatic carbocycles. The Bertz CT molecular complexity index is 472. The summed E-state index contributed by atoms with van der Waals surface area (Å²) < 4.78 is 27.9. The SMILES string of the molecule is O=S1(=O)CCC(NCC(O)COCc2cccs2)C1. The minimum absolute atomic E-state index is 0.0306. The lowest BCUT2D eigenvalue weighted by Crippen LogP contribution is -2.38. The smallest absolute Gasteiger partial charge is 0.151 e. The van der Waals surface area contributed by atoms with Gasteiger partial charge in [0.15, 0.2) is 9.84 Å². The third kappa shape index (κ3) is 5.19. The molecular formula is C12H19NO4S2. The van der Waals surface area contributed by atoms with Crippen LogP contribution < -0.4 is 5.32 Å². The highest BCUT2D eigenvalue weighted by Gasteiger charge is 2.27. The number of aliphatic hydroxyl groups is 1. The van der Waals surface area contributed by atoms with Crippen LogP contribution in [-0.2, 0) is 21.2 Å². The third-order valence-corrected chi connectivity index (χ3v) is 5.63. The van der Waals surface area contributed by atoms with Crippen LogP contribution >= 0.6 is 11.3 Å². The molecule has 5 nitrogen and oxygen atoms in total. The van der Waals surface area contributed by atoms with Crippen LogP contribution in [-0.4, -0.2) is 50.3 Å². The Morgan fingerprint density at radius 3 is 3.05 bits per heavy atom. The first kappa shape index (κ1) is 14.9. The van der Waals surface area contributed by atoms with E-state index in [0.717, 1.165) is 4.88 Å². The number of sulfone groups is 1. The number of hydrogen-bond acceptors (Lipinski definition) is 6. The van der Waals surface area contributed by atoms with Gasteiger partial charge in [-0.25, -0.2) is 8.42 Å². The zero-order valence-corrected chi connectivity index (χ0v) is 12.3. The van der Waals surface area contributed by atoms with Gasteiger partial charge in [-0.1, -0.05) is 6.07 Å². The van der Waals surface area contributed by atoms with Gasteiger partial charge >= 0.3 is 0 Å². The molecule has 2 heterocycles. The van der Waals surface area contributed by atoms with Gasteiger partial charge in [-0.2, -0.15) is 0 Å². The fraction of sp³-hybridized carbons (Fsp3) is 0.667. The molecule has 1 aromatic heterocycles. The van der Waals surface area contributed by atoms with Gasteiger partial charge in [0.1, 0.15) is 0 Å². The van der Waals surface area contributed by atoms with Crippen LogP contribution in [0.2, 0.25) is 0 Å². The van der Waals surface area contributed by atoms with Gasteiger partial charge in [0.25, 0.3) is 0 Å². The van der Waals surface area contributed by atoms with Crippen molar-refractivity contribution in [3.8, 4) is 0 Å². The minimum atomic E-state index is -2.86. The molecule has 1 saturated heterocycles. The number of hydrogen-bond donors (Lipinski definition) is 2. The molecule has 2 atom stereocenters. The molecule has 0 saturated carbocycles. The maximum absolute atomic E-state index is 11.3. The van der Waals surface area contributed by atoms with Gasteiger partial charge in [0.05, 0.1) is 30.8 Å². The van der Waals surface area contributed by atoms with Gasteiger partial charge in [-0.05, 0) is 17.9 Å². The van der Waals surface area contributed by atoms with E-state index >= 15 is 0 Å². The van der Waals surface area contributed by atoms with E-state index in [-0.39, 0.29) is 24.2 Å². The summed E-state index contributed by atoms with van der Waals surface area (Å²) in [5, 5.41) is 14.8. The standard InChI is InChI=1S/C12H19NO4S2/c14-11(7-17-8-12-2-1-4-18-12)6-13-10-3-5-19(15,16)9-10/h1-2,4,10-11,13-14H,3,5-9H2. The third-order valence-electron chi connectivity index (χ3n) is 3.01. The predicted octanol–water partition coefficient (Wildman–Crippen LogP) is 0.402. The quantitative estimate of drug-likeness (QED) is 0.763. The van der Waals surface area contributed by atoms with E-state index in [0.29, 0.717) is 19.6 Å². The second kappa shape index (κ2) is 6.81. The van der Waals surface area contributed by atoms with E-state index in [4.69, 9.17) is 4.74 Å². The van der Waals surface area contributed by atoms with Crippen LogP contribution in [0.25, 0.3) is 0 Å². The molecule has 2 unspecified atom stereocenters. The average Bonchev–Trinajstić information content (AvgIpc) is 2.96. The molecule has 19 heavy (non-hydrogen) atoms. The summed E-state index contributed by atoms with van der Waals surface area (Å²) in [6.45, 7) is 1.13. The largest absolute Gasteiger partial charge is 0.389 e. The van der Waals surface area contributed by atoms with E-state index in [1.54, 1.807) is 11.3 Å². The molecule has 0 aromatic carbocycles. The van der Waals surface area contributed by atoms with Gasteiger partial charge < -0.3 is 15.2 Å². The fourth-order valence-electron chi connectivity index (χ4n) is 2.01. The molecule has 108 valence electrons. The molecule has 2 rings (SSSR count). The van der Waals surface area contributed by atoms with Gasteiger partial charge in [0, 0.05) is 17.5 Å². The van der Waals surface area contributed by atoms with Crippen LogP contribution in [0.3, 0.4) is 0 Å². The lowest BCUT2D eigenvalue weighted by atomic mass is 10.2. The van der Waals surface area contributed by atoms with Gasteiger partial charge in [-0.3, -0.25) is 0 Å². The molecule has 0 bridgehead atoms. The first-order chi connectivity index (χ1) is 9.05. The Hall–Kier alpha value is -0.470. The van der Waals surface area contributed by atoms with Crippen molar-refractivity contribution in [2.24, 2.45) is 0 Å². The lowest BCUT2D eigenvalue weighted by molar-refractivity contribution is 0.0289. The second-order valence-electron chi connectivity index (χ2n) is 4.76. The van der Waals surface area contributed by atoms with Crippen molar-refractivity contribution in [2.45, 2.75) is 25.2 Å². The summed E-state index contributed by atoms with van der Waals surface area (Å²) in [6, 6.07) is 3.91. The van der Waals surface area contributed by atoms with Crippen molar-refractivity contribution in [3.63, 3.8) is 0 Å². The number of thiophene rings is 1. The van der Waals surface area contributed by atoms with Crippen LogP contribution in [0.1, 0.15) is 11.3 Å². The molecule has 2 N–H and O–H groups in total. The Balaban J connectivity index is 1.58. The van der Waals surface area contributed by atoms with E-state index < -0.39 is 15.9 Å². The molecule has 1 aliphatic rings. The maximum atomic E-state index is 11.3. The number of ether oxygens (including phenoxy) is 1. The predicted molar refractivity (Wildman–Crippen MR) is 75.0 cm³/mol. The average molecular weight is 305 g/mol. The molecule has 0 radical (unpaired) electrons. The van der Waals surface area contributed by atoms with Crippen LogP contribution in [0.4, 0.5) is 0 Å². The van der Waals surface area contributed by atoms with Crippen molar-refractivity contribution in [3.05, 3.63) is 22.4 Å². The Morgan fingerprint density at radius 1 is 1.58 bits per heavy atom. The maximum Gasteiger partial charge on any atom is 0.151 e. The van der Waals surface area contributed by atoms with E-state index in [9.17, 15) is 13.5 Å². The molecule has 1 aromatic rings. The van der Waals surface area contributed by atoms with Crippen molar-refractivity contribution >= 4 is 21.2 Å². The summed E-state index contributed by atoms with van der Waals surface area (Å²) >= 11 is 1.62. The highest BCUT2D eigenvalue weighted by atomic mass is 32.2. The Kier molecular flexibility index (Phi) is 5.35. The Morgan fingerprint density at radius 2 is 2.42 bits per heavy atom. The normalized spacial score (nSPS) is 23.5. The van der Waals surface area contributed by atoms with Crippen LogP contribution in [0.5, 0.6) is 0 Å². The number of rotatable bonds is 7. The molecule has 1 aliphatic heterocycles. The Labute approximate surface area is 117 Å². The van der Waals surface area contributed by atoms with Crippen molar-refractivity contribution in [1.29, 1.82) is 0 Å². The van der Waals surface area contributed by atoms with Crippen LogP contribution in [0, 0.1) is 0 Å². The first-order valence-electron chi connectivity index (χ1n) is 6.27. The molecule has 1 fully saturated rings. The molecular weight excluding hydrogens is 286 g/mol. The number of aliphatic hydroxyl groups excluding tert-OH is 1. The second-order valence-corrected chi connectivity index (χ2v) is 8.02. The van der Waals surface area contributed by atoms with Crippen molar-refractivity contribution in [1.82, 2.24) is 5.32 Å².